The highest BCUT2D eigenvalue weighted by Gasteiger charge is 2.11. The van der Waals surface area contributed by atoms with Crippen molar-refractivity contribution in [3.8, 4) is 0 Å². The highest BCUT2D eigenvalue weighted by atomic mass is 35.5. The van der Waals surface area contributed by atoms with Crippen LogP contribution in [-0.2, 0) is 6.54 Å². The molecule has 0 aliphatic rings. The molecular formula is C14H20ClN3OS2. The van der Waals surface area contributed by atoms with Crippen LogP contribution in [0, 0.1) is 0 Å². The number of nitrogens with zero attached hydrogens (tertiary/aromatic N) is 2. The molecule has 0 saturated heterocycles. The van der Waals surface area contributed by atoms with Gasteiger partial charge >= 0.3 is 0 Å². The molecule has 4 nitrogen and oxygen atoms in total. The first kappa shape index (κ1) is 16.7. The Balaban J connectivity index is 1.81. The summed E-state index contributed by atoms with van der Waals surface area (Å²) in [7, 11) is 0. The number of hydrogen-bond acceptors (Lipinski definition) is 6. The van der Waals surface area contributed by atoms with Crippen molar-refractivity contribution >= 4 is 39.4 Å². The van der Waals surface area contributed by atoms with E-state index in [0.717, 1.165) is 29.6 Å². The van der Waals surface area contributed by atoms with Gasteiger partial charge in [-0.2, -0.15) is 0 Å². The molecule has 21 heavy (non-hydrogen) atoms. The number of thiazole rings is 1. The average Bonchev–Trinajstić information content (AvgIpc) is 3.10. The van der Waals surface area contributed by atoms with Gasteiger partial charge < -0.3 is 15.3 Å². The summed E-state index contributed by atoms with van der Waals surface area (Å²) < 4.78 is 0.704. The number of aromatic nitrogens is 1. The Morgan fingerprint density at radius 2 is 2.10 bits per heavy atom. The van der Waals surface area contributed by atoms with Gasteiger partial charge in [0.1, 0.15) is 6.10 Å². The molecule has 2 rings (SSSR count). The van der Waals surface area contributed by atoms with Gasteiger partial charge in [0.25, 0.3) is 0 Å². The molecule has 0 aliphatic carbocycles. The van der Waals surface area contributed by atoms with Gasteiger partial charge in [-0.1, -0.05) is 11.6 Å². The number of hydrogen-bond donors (Lipinski definition) is 2. The lowest BCUT2D eigenvalue weighted by Crippen LogP contribution is -2.21. The van der Waals surface area contributed by atoms with Crippen molar-refractivity contribution in [2.45, 2.75) is 26.5 Å². The number of rotatable bonds is 8. The molecule has 7 heteroatoms. The molecule has 1 atom stereocenters. The Kier molecular flexibility index (Phi) is 6.44. The standard InChI is InChI=1S/C14H20ClN3OS2/c1-3-18(4-2)14-17-8-10(20-14)7-16-9-11(19)12-5-6-13(15)21-12/h5-6,8,11,16,19H,3-4,7,9H2,1-2H3. The zero-order chi connectivity index (χ0) is 15.2. The fourth-order valence-corrected chi connectivity index (χ4v) is 4.01. The van der Waals surface area contributed by atoms with Gasteiger partial charge in [-0.05, 0) is 26.0 Å². The van der Waals surface area contributed by atoms with Crippen molar-refractivity contribution in [2.24, 2.45) is 0 Å². The molecule has 0 amide bonds. The molecule has 0 aliphatic heterocycles. The lowest BCUT2D eigenvalue weighted by molar-refractivity contribution is 0.178. The minimum atomic E-state index is -0.516. The number of halogens is 1. The van der Waals surface area contributed by atoms with Crippen LogP contribution >= 0.6 is 34.3 Å². The van der Waals surface area contributed by atoms with E-state index in [9.17, 15) is 5.11 Å². The minimum Gasteiger partial charge on any atom is -0.386 e. The Bertz CT molecular complexity index is 554. The van der Waals surface area contributed by atoms with Crippen molar-refractivity contribution in [3.05, 3.63) is 32.4 Å². The van der Waals surface area contributed by atoms with Crippen LogP contribution in [0.2, 0.25) is 4.34 Å². The van der Waals surface area contributed by atoms with Gasteiger partial charge in [0.15, 0.2) is 5.13 Å². The molecular weight excluding hydrogens is 326 g/mol. The molecule has 1 unspecified atom stereocenters. The van der Waals surface area contributed by atoms with Crippen molar-refractivity contribution in [1.29, 1.82) is 0 Å². The predicted octanol–water partition coefficient (Wildman–Crippen LogP) is 3.53. The normalized spacial score (nSPS) is 12.6. The molecule has 2 aromatic heterocycles. The number of aliphatic hydroxyl groups is 1. The minimum absolute atomic E-state index is 0.509. The van der Waals surface area contributed by atoms with Gasteiger partial charge in [0.2, 0.25) is 0 Å². The molecule has 2 N–H and O–H groups in total. The zero-order valence-corrected chi connectivity index (χ0v) is 14.6. The fourth-order valence-electron chi connectivity index (χ4n) is 1.96. The van der Waals surface area contributed by atoms with Crippen LogP contribution in [0.5, 0.6) is 0 Å². The third-order valence-corrected chi connectivity index (χ3v) is 5.53. The maximum Gasteiger partial charge on any atom is 0.185 e. The molecule has 0 saturated carbocycles. The van der Waals surface area contributed by atoms with Crippen LogP contribution < -0.4 is 10.2 Å². The molecule has 0 spiro atoms. The Morgan fingerprint density at radius 3 is 2.71 bits per heavy atom. The highest BCUT2D eigenvalue weighted by Crippen LogP contribution is 2.27. The summed E-state index contributed by atoms with van der Waals surface area (Å²) in [5, 5.41) is 14.4. The molecule has 116 valence electrons. The molecule has 0 aromatic carbocycles. The third kappa shape index (κ3) is 4.66. The zero-order valence-electron chi connectivity index (χ0n) is 12.2. The second-order valence-electron chi connectivity index (χ2n) is 4.57. The molecule has 2 aromatic rings. The third-order valence-electron chi connectivity index (χ3n) is 3.13. The van der Waals surface area contributed by atoms with Gasteiger partial charge in [-0.25, -0.2) is 4.98 Å². The average molecular weight is 346 g/mol. The monoisotopic (exact) mass is 345 g/mol. The summed E-state index contributed by atoms with van der Waals surface area (Å²) in [5.74, 6) is 0. The number of aliphatic hydroxyl groups excluding tert-OH is 1. The summed E-state index contributed by atoms with van der Waals surface area (Å²) in [6.07, 6.45) is 1.39. The number of anilines is 1. The summed E-state index contributed by atoms with van der Waals surface area (Å²) in [5.41, 5.74) is 0. The van der Waals surface area contributed by atoms with Gasteiger partial charge in [0, 0.05) is 42.1 Å². The van der Waals surface area contributed by atoms with Gasteiger partial charge in [0.05, 0.1) is 4.34 Å². The quantitative estimate of drug-likeness (QED) is 0.768. The fraction of sp³-hybridized carbons (Fsp3) is 0.500. The van der Waals surface area contributed by atoms with Crippen LogP contribution in [0.1, 0.15) is 29.7 Å². The summed E-state index contributed by atoms with van der Waals surface area (Å²) in [6, 6.07) is 3.68. The molecule has 2 heterocycles. The van der Waals surface area contributed by atoms with E-state index >= 15 is 0 Å². The van der Waals surface area contributed by atoms with E-state index in [1.807, 2.05) is 18.3 Å². The van der Waals surface area contributed by atoms with E-state index in [1.165, 1.54) is 16.2 Å². The molecule has 0 fully saturated rings. The second-order valence-corrected chi connectivity index (χ2v) is 7.41. The number of thiophene rings is 1. The van der Waals surface area contributed by atoms with E-state index < -0.39 is 6.10 Å². The van der Waals surface area contributed by atoms with Gasteiger partial charge in [-0.3, -0.25) is 0 Å². The van der Waals surface area contributed by atoms with E-state index in [1.54, 1.807) is 11.3 Å². The Labute approximate surface area is 138 Å². The first-order valence-electron chi connectivity index (χ1n) is 6.97. The van der Waals surface area contributed by atoms with Crippen LogP contribution in [0.25, 0.3) is 0 Å². The highest BCUT2D eigenvalue weighted by molar-refractivity contribution is 7.16. The first-order chi connectivity index (χ1) is 10.1. The molecule has 0 bridgehead atoms. The topological polar surface area (TPSA) is 48.4 Å². The van der Waals surface area contributed by atoms with Gasteiger partial charge in [-0.15, -0.1) is 22.7 Å². The number of nitrogens with one attached hydrogen (secondary N) is 1. The Hall–Kier alpha value is -0.660. The largest absolute Gasteiger partial charge is 0.386 e. The first-order valence-corrected chi connectivity index (χ1v) is 8.98. The summed E-state index contributed by atoms with van der Waals surface area (Å²) >= 11 is 8.98. The van der Waals surface area contributed by atoms with Crippen LogP contribution in [0.3, 0.4) is 0 Å². The van der Waals surface area contributed by atoms with E-state index in [2.05, 4.69) is 29.0 Å². The summed E-state index contributed by atoms with van der Waals surface area (Å²) in [6.45, 7) is 7.42. The lowest BCUT2D eigenvalue weighted by Gasteiger charge is -2.16. The Morgan fingerprint density at radius 1 is 1.33 bits per heavy atom. The smallest absolute Gasteiger partial charge is 0.185 e. The van der Waals surface area contributed by atoms with Crippen molar-refractivity contribution < 1.29 is 5.11 Å². The van der Waals surface area contributed by atoms with Crippen molar-refractivity contribution in [3.63, 3.8) is 0 Å². The maximum atomic E-state index is 10.1. The summed E-state index contributed by atoms with van der Waals surface area (Å²) in [4.78, 5) is 8.74. The van der Waals surface area contributed by atoms with Crippen LogP contribution in [0.15, 0.2) is 18.3 Å². The van der Waals surface area contributed by atoms with Crippen molar-refractivity contribution in [2.75, 3.05) is 24.5 Å². The van der Waals surface area contributed by atoms with Crippen LogP contribution in [-0.4, -0.2) is 29.7 Å². The second kappa shape index (κ2) is 8.10. The SMILES string of the molecule is CCN(CC)c1ncc(CNCC(O)c2ccc(Cl)s2)s1. The van der Waals surface area contributed by atoms with E-state index in [0.29, 0.717) is 10.9 Å². The lowest BCUT2D eigenvalue weighted by atomic mass is 10.3. The van der Waals surface area contributed by atoms with Crippen molar-refractivity contribution in [1.82, 2.24) is 10.3 Å². The maximum absolute atomic E-state index is 10.1. The van der Waals surface area contributed by atoms with Crippen LogP contribution in [0.4, 0.5) is 5.13 Å². The van der Waals surface area contributed by atoms with E-state index in [-0.39, 0.29) is 0 Å². The molecule has 0 radical (unpaired) electrons. The van der Waals surface area contributed by atoms with E-state index in [4.69, 9.17) is 11.6 Å². The predicted molar refractivity (Wildman–Crippen MR) is 91.7 cm³/mol.